The second kappa shape index (κ2) is 6.25. The highest BCUT2D eigenvalue weighted by Crippen LogP contribution is 2.21. The van der Waals surface area contributed by atoms with Crippen LogP contribution in [0.2, 0.25) is 0 Å². The first-order valence-corrected chi connectivity index (χ1v) is 5.56. The number of hydrogen-bond acceptors (Lipinski definition) is 4. The largest absolute Gasteiger partial charge is 0.482 e. The topological polar surface area (TPSA) is 55.8 Å². The number of hydrogen-bond donors (Lipinski definition) is 1. The monoisotopic (exact) mass is 238 g/mol. The van der Waals surface area contributed by atoms with E-state index in [2.05, 4.69) is 0 Å². The van der Waals surface area contributed by atoms with Crippen molar-refractivity contribution in [2.24, 2.45) is 0 Å². The maximum atomic E-state index is 11.3. The fraction of sp³-hybridized carbons (Fsp3) is 0.462. The summed E-state index contributed by atoms with van der Waals surface area (Å²) in [6, 6.07) is 5.35. The molecular formula is C13H18O4. The summed E-state index contributed by atoms with van der Waals surface area (Å²) in [6.45, 7) is 5.26. The van der Waals surface area contributed by atoms with Gasteiger partial charge in [-0.25, -0.2) is 4.79 Å². The van der Waals surface area contributed by atoms with Gasteiger partial charge in [0.2, 0.25) is 0 Å². The van der Waals surface area contributed by atoms with E-state index >= 15 is 0 Å². The number of aliphatic hydroxyl groups is 1. The molecule has 0 bridgehead atoms. The molecule has 0 amide bonds. The van der Waals surface area contributed by atoms with Gasteiger partial charge in [-0.05, 0) is 38.0 Å². The molecule has 0 unspecified atom stereocenters. The van der Waals surface area contributed by atoms with Gasteiger partial charge in [0.05, 0.1) is 12.7 Å². The minimum Gasteiger partial charge on any atom is -0.482 e. The molecule has 0 saturated heterocycles. The average Bonchev–Trinajstić information content (AvgIpc) is 2.27. The maximum Gasteiger partial charge on any atom is 0.344 e. The Hall–Kier alpha value is -1.55. The van der Waals surface area contributed by atoms with Crippen LogP contribution < -0.4 is 4.74 Å². The highest BCUT2D eigenvalue weighted by Gasteiger charge is 2.09. The van der Waals surface area contributed by atoms with E-state index in [1.807, 2.05) is 13.0 Å². The summed E-state index contributed by atoms with van der Waals surface area (Å²) < 4.78 is 10.3. The molecule has 1 N–H and O–H groups in total. The highest BCUT2D eigenvalue weighted by atomic mass is 16.6. The van der Waals surface area contributed by atoms with E-state index in [1.165, 1.54) is 0 Å². The van der Waals surface area contributed by atoms with Crippen molar-refractivity contribution >= 4 is 5.97 Å². The van der Waals surface area contributed by atoms with Gasteiger partial charge in [-0.15, -0.1) is 0 Å². The molecule has 0 radical (unpaired) electrons. The van der Waals surface area contributed by atoms with Crippen LogP contribution >= 0.6 is 0 Å². The van der Waals surface area contributed by atoms with Crippen molar-refractivity contribution in [3.05, 3.63) is 29.3 Å². The molecule has 0 heterocycles. The number of ether oxygens (including phenoxy) is 2. The Morgan fingerprint density at radius 3 is 2.71 bits per heavy atom. The first-order chi connectivity index (χ1) is 8.04. The average molecular weight is 238 g/mol. The highest BCUT2D eigenvalue weighted by molar-refractivity contribution is 5.71. The van der Waals surface area contributed by atoms with Crippen molar-refractivity contribution in [1.29, 1.82) is 0 Å². The fourth-order valence-corrected chi connectivity index (χ4v) is 1.42. The van der Waals surface area contributed by atoms with Crippen molar-refractivity contribution in [2.45, 2.75) is 33.5 Å². The Balaban J connectivity index is 2.60. The first-order valence-electron chi connectivity index (χ1n) is 5.56. The fourth-order valence-electron chi connectivity index (χ4n) is 1.42. The SMILES string of the molecule is Cc1c(CO)cccc1OCC(=O)OC(C)C. The third kappa shape index (κ3) is 4.07. The molecule has 94 valence electrons. The molecule has 4 nitrogen and oxygen atoms in total. The second-order valence-corrected chi connectivity index (χ2v) is 4.03. The zero-order chi connectivity index (χ0) is 12.8. The molecule has 0 saturated carbocycles. The van der Waals surface area contributed by atoms with Crippen molar-refractivity contribution < 1.29 is 19.4 Å². The number of esters is 1. The Morgan fingerprint density at radius 2 is 2.12 bits per heavy atom. The molecule has 0 aliphatic carbocycles. The first kappa shape index (κ1) is 13.5. The van der Waals surface area contributed by atoms with Crippen LogP contribution in [0.4, 0.5) is 0 Å². The smallest absolute Gasteiger partial charge is 0.344 e. The predicted molar refractivity (Wildman–Crippen MR) is 63.8 cm³/mol. The zero-order valence-corrected chi connectivity index (χ0v) is 10.4. The van der Waals surface area contributed by atoms with Crippen LogP contribution in [0.5, 0.6) is 5.75 Å². The maximum absolute atomic E-state index is 11.3. The van der Waals surface area contributed by atoms with Crippen molar-refractivity contribution in [1.82, 2.24) is 0 Å². The second-order valence-electron chi connectivity index (χ2n) is 4.03. The van der Waals surface area contributed by atoms with Gasteiger partial charge in [0.1, 0.15) is 5.75 Å². The predicted octanol–water partition coefficient (Wildman–Crippen LogP) is 1.82. The third-order valence-corrected chi connectivity index (χ3v) is 2.28. The van der Waals surface area contributed by atoms with Gasteiger partial charge < -0.3 is 14.6 Å². The lowest BCUT2D eigenvalue weighted by Gasteiger charge is -2.12. The summed E-state index contributed by atoms with van der Waals surface area (Å²) in [5.74, 6) is 0.200. The van der Waals surface area contributed by atoms with Gasteiger partial charge >= 0.3 is 5.97 Å². The number of benzene rings is 1. The van der Waals surface area contributed by atoms with E-state index in [1.54, 1.807) is 26.0 Å². The van der Waals surface area contributed by atoms with Crippen LogP contribution in [0.25, 0.3) is 0 Å². The summed E-state index contributed by atoms with van der Waals surface area (Å²) in [6.07, 6.45) is -0.143. The lowest BCUT2D eigenvalue weighted by atomic mass is 10.1. The van der Waals surface area contributed by atoms with Gasteiger partial charge in [-0.3, -0.25) is 0 Å². The third-order valence-electron chi connectivity index (χ3n) is 2.28. The molecule has 0 aromatic heterocycles. The van der Waals surface area contributed by atoms with E-state index in [0.717, 1.165) is 11.1 Å². The summed E-state index contributed by atoms with van der Waals surface area (Å²) in [5.41, 5.74) is 1.63. The molecule has 1 rings (SSSR count). The van der Waals surface area contributed by atoms with Crippen LogP contribution in [0.1, 0.15) is 25.0 Å². The van der Waals surface area contributed by atoms with Crippen LogP contribution in [-0.4, -0.2) is 23.8 Å². The Bertz CT molecular complexity index is 385. The van der Waals surface area contributed by atoms with Crippen molar-refractivity contribution in [2.75, 3.05) is 6.61 Å². The molecule has 4 heteroatoms. The molecule has 0 fully saturated rings. The summed E-state index contributed by atoms with van der Waals surface area (Å²) >= 11 is 0. The van der Waals surface area contributed by atoms with Crippen LogP contribution in [-0.2, 0) is 16.1 Å². The minimum atomic E-state index is -0.395. The minimum absolute atomic E-state index is 0.0422. The summed E-state index contributed by atoms with van der Waals surface area (Å²) in [5, 5.41) is 9.09. The molecule has 1 aromatic rings. The number of carbonyl (C=O) groups excluding carboxylic acids is 1. The Morgan fingerprint density at radius 1 is 1.41 bits per heavy atom. The lowest BCUT2D eigenvalue weighted by molar-refractivity contribution is -0.149. The molecule has 0 aliphatic rings. The van der Waals surface area contributed by atoms with Crippen LogP contribution in [0.15, 0.2) is 18.2 Å². The van der Waals surface area contributed by atoms with Crippen molar-refractivity contribution in [3.8, 4) is 5.75 Å². The van der Waals surface area contributed by atoms with E-state index in [4.69, 9.17) is 14.6 Å². The van der Waals surface area contributed by atoms with E-state index in [-0.39, 0.29) is 19.3 Å². The molecular weight excluding hydrogens is 220 g/mol. The molecule has 17 heavy (non-hydrogen) atoms. The van der Waals surface area contributed by atoms with Gasteiger partial charge in [0.15, 0.2) is 6.61 Å². The number of rotatable bonds is 5. The van der Waals surface area contributed by atoms with Gasteiger partial charge in [-0.1, -0.05) is 12.1 Å². The summed E-state index contributed by atoms with van der Waals surface area (Å²) in [4.78, 5) is 11.3. The molecule has 0 aliphatic heterocycles. The zero-order valence-electron chi connectivity index (χ0n) is 10.4. The van der Waals surface area contributed by atoms with Gasteiger partial charge in [0.25, 0.3) is 0 Å². The van der Waals surface area contributed by atoms with Gasteiger partial charge in [0, 0.05) is 0 Å². The van der Waals surface area contributed by atoms with E-state index in [0.29, 0.717) is 5.75 Å². The molecule has 0 atom stereocenters. The van der Waals surface area contributed by atoms with E-state index in [9.17, 15) is 4.79 Å². The normalized spacial score (nSPS) is 10.4. The number of aliphatic hydroxyl groups excluding tert-OH is 1. The Kier molecular flexibility index (Phi) is 4.97. The van der Waals surface area contributed by atoms with Crippen molar-refractivity contribution in [3.63, 3.8) is 0 Å². The van der Waals surface area contributed by atoms with E-state index < -0.39 is 5.97 Å². The quantitative estimate of drug-likeness (QED) is 0.795. The van der Waals surface area contributed by atoms with Crippen LogP contribution in [0, 0.1) is 6.92 Å². The van der Waals surface area contributed by atoms with Gasteiger partial charge in [-0.2, -0.15) is 0 Å². The number of carbonyl (C=O) groups is 1. The molecule has 0 spiro atoms. The standard InChI is InChI=1S/C13H18O4/c1-9(2)17-13(15)8-16-12-6-4-5-11(7-14)10(12)3/h4-6,9,14H,7-8H2,1-3H3. The molecule has 1 aromatic carbocycles. The van der Waals surface area contributed by atoms with Crippen LogP contribution in [0.3, 0.4) is 0 Å². The summed E-state index contributed by atoms with van der Waals surface area (Å²) in [7, 11) is 0. The Labute approximate surface area is 101 Å². The lowest BCUT2D eigenvalue weighted by Crippen LogP contribution is -2.19.